The number of ketones is 1. The van der Waals surface area contributed by atoms with E-state index in [0.717, 1.165) is 24.1 Å². The van der Waals surface area contributed by atoms with Crippen molar-refractivity contribution in [3.05, 3.63) is 53.1 Å². The first-order chi connectivity index (χ1) is 11.1. The molecule has 23 heavy (non-hydrogen) atoms. The molecule has 1 aliphatic rings. The van der Waals surface area contributed by atoms with E-state index in [1.807, 2.05) is 18.2 Å². The molecule has 6 heteroatoms. The second-order valence-corrected chi connectivity index (χ2v) is 6.16. The van der Waals surface area contributed by atoms with Gasteiger partial charge in [-0.1, -0.05) is 17.7 Å². The van der Waals surface area contributed by atoms with Gasteiger partial charge in [-0.15, -0.1) is 0 Å². The number of fused-ring (bicyclic) bond motifs is 1. The van der Waals surface area contributed by atoms with E-state index in [-0.39, 0.29) is 23.1 Å². The highest BCUT2D eigenvalue weighted by Gasteiger charge is 2.30. The number of hydrogen-bond donors (Lipinski definition) is 0. The predicted octanol–water partition coefficient (Wildman–Crippen LogP) is 3.71. The van der Waals surface area contributed by atoms with E-state index in [1.165, 1.54) is 6.07 Å². The molecule has 2 heterocycles. The number of hydrogen-bond acceptors (Lipinski definition) is 3. The monoisotopic (exact) mass is 329 g/mol. The third-order valence-corrected chi connectivity index (χ3v) is 4.27. The first-order valence-corrected chi connectivity index (χ1v) is 7.82. The number of rotatable bonds is 4. The van der Waals surface area contributed by atoms with Gasteiger partial charge in [0.1, 0.15) is 11.6 Å². The maximum absolute atomic E-state index is 13.4. The topological polar surface area (TPSA) is 47.3 Å². The van der Waals surface area contributed by atoms with Gasteiger partial charge in [0.15, 0.2) is 11.5 Å². The second kappa shape index (κ2) is 5.42. The maximum Gasteiger partial charge on any atom is 0.159 e. The Hall–Kier alpha value is -2.27. The van der Waals surface area contributed by atoms with E-state index in [1.54, 1.807) is 16.6 Å². The van der Waals surface area contributed by atoms with Crippen molar-refractivity contribution in [1.29, 1.82) is 0 Å². The number of halogens is 2. The van der Waals surface area contributed by atoms with Crippen LogP contribution in [0.15, 0.2) is 36.4 Å². The van der Waals surface area contributed by atoms with Crippen LogP contribution in [0.4, 0.5) is 4.39 Å². The molecule has 3 aromatic rings. The summed E-state index contributed by atoms with van der Waals surface area (Å²) in [6.07, 6.45) is 2.22. The Balaban J connectivity index is 1.75. The van der Waals surface area contributed by atoms with Crippen LogP contribution in [-0.2, 0) is 11.2 Å². The summed E-state index contributed by atoms with van der Waals surface area (Å²) in [6, 6.07) is 10.1. The number of nitrogens with zero attached hydrogens (tertiary/aromatic N) is 3. The fourth-order valence-corrected chi connectivity index (χ4v) is 2.78. The minimum atomic E-state index is -0.461. The van der Waals surface area contributed by atoms with Crippen molar-refractivity contribution in [2.45, 2.75) is 19.3 Å². The molecule has 0 amide bonds. The number of aromatic nitrogens is 3. The van der Waals surface area contributed by atoms with Crippen molar-refractivity contribution in [1.82, 2.24) is 14.6 Å². The molecule has 4 nitrogen and oxygen atoms in total. The zero-order chi connectivity index (χ0) is 16.0. The van der Waals surface area contributed by atoms with Gasteiger partial charge in [-0.3, -0.25) is 4.79 Å². The first-order valence-electron chi connectivity index (χ1n) is 7.44. The fourth-order valence-electron chi connectivity index (χ4n) is 2.60. The van der Waals surface area contributed by atoms with E-state index >= 15 is 0 Å². The molecule has 1 saturated carbocycles. The summed E-state index contributed by atoms with van der Waals surface area (Å²) < 4.78 is 15.0. The molecule has 4 rings (SSSR count). The van der Waals surface area contributed by atoms with Gasteiger partial charge >= 0.3 is 0 Å². The van der Waals surface area contributed by atoms with Gasteiger partial charge in [-0.2, -0.15) is 5.10 Å². The van der Waals surface area contributed by atoms with Crippen LogP contribution in [0.1, 0.15) is 18.7 Å². The fraction of sp³-hybridized carbons (Fsp3) is 0.235. The number of Topliss-reactive ketones (excluding diaryl/α,β-unsaturated/α-hetero) is 1. The number of carbonyl (C=O) groups is 1. The van der Waals surface area contributed by atoms with E-state index < -0.39 is 5.82 Å². The van der Waals surface area contributed by atoms with Gasteiger partial charge in [0.25, 0.3) is 0 Å². The van der Waals surface area contributed by atoms with Crippen LogP contribution in [0.5, 0.6) is 0 Å². The summed E-state index contributed by atoms with van der Waals surface area (Å²) in [5.41, 5.74) is 2.15. The zero-order valence-electron chi connectivity index (χ0n) is 12.2. The Kier molecular flexibility index (Phi) is 3.38. The van der Waals surface area contributed by atoms with Crippen LogP contribution in [0.25, 0.3) is 16.9 Å². The third-order valence-electron chi connectivity index (χ3n) is 3.98. The van der Waals surface area contributed by atoms with E-state index in [2.05, 4.69) is 10.1 Å². The normalized spacial score (nSPS) is 14.3. The Morgan fingerprint density at radius 1 is 1.30 bits per heavy atom. The second-order valence-electron chi connectivity index (χ2n) is 5.76. The minimum absolute atomic E-state index is 0.0590. The Morgan fingerprint density at radius 3 is 2.87 bits per heavy atom. The summed E-state index contributed by atoms with van der Waals surface area (Å²) in [5, 5.41) is 4.50. The first kappa shape index (κ1) is 14.3. The van der Waals surface area contributed by atoms with Crippen LogP contribution in [0.2, 0.25) is 5.02 Å². The molecular formula is C17H13ClFN3O. The van der Waals surface area contributed by atoms with E-state index in [4.69, 9.17) is 11.6 Å². The Bertz CT molecular complexity index is 917. The number of pyridine rings is 1. The Labute approximate surface area is 136 Å². The van der Waals surface area contributed by atoms with Crippen LogP contribution >= 0.6 is 11.6 Å². The van der Waals surface area contributed by atoms with Crippen LogP contribution < -0.4 is 0 Å². The van der Waals surface area contributed by atoms with Crippen molar-refractivity contribution in [2.75, 3.05) is 0 Å². The Morgan fingerprint density at radius 2 is 2.13 bits per heavy atom. The minimum Gasteiger partial charge on any atom is -0.299 e. The van der Waals surface area contributed by atoms with Crippen molar-refractivity contribution in [2.24, 2.45) is 5.92 Å². The molecule has 0 saturated heterocycles. The van der Waals surface area contributed by atoms with Crippen molar-refractivity contribution in [3.8, 4) is 11.3 Å². The molecule has 0 aliphatic heterocycles. The highest BCUT2D eigenvalue weighted by Crippen LogP contribution is 2.31. The molecular weight excluding hydrogens is 317 g/mol. The molecule has 1 fully saturated rings. The van der Waals surface area contributed by atoms with E-state index in [9.17, 15) is 9.18 Å². The highest BCUT2D eigenvalue weighted by molar-refractivity contribution is 6.31. The quantitative estimate of drug-likeness (QED) is 0.733. The average Bonchev–Trinajstić information content (AvgIpc) is 3.30. The zero-order valence-corrected chi connectivity index (χ0v) is 12.9. The standard InChI is InChI=1S/C17H13ClFN3O/c18-12-8-11(6-7-13(12)19)14-2-1-3-17-20-16(21-22(14)17)9-15(23)10-4-5-10/h1-3,6-8,10H,4-5,9H2. The van der Waals surface area contributed by atoms with Gasteiger partial charge in [0, 0.05) is 11.5 Å². The summed E-state index contributed by atoms with van der Waals surface area (Å²) >= 11 is 5.87. The smallest absolute Gasteiger partial charge is 0.159 e. The molecule has 1 aromatic carbocycles. The molecule has 0 bridgehead atoms. The maximum atomic E-state index is 13.4. The number of benzene rings is 1. The lowest BCUT2D eigenvalue weighted by atomic mass is 10.1. The highest BCUT2D eigenvalue weighted by atomic mass is 35.5. The summed E-state index contributed by atoms with van der Waals surface area (Å²) in [4.78, 5) is 16.4. The molecule has 0 radical (unpaired) electrons. The van der Waals surface area contributed by atoms with Gasteiger partial charge < -0.3 is 0 Å². The largest absolute Gasteiger partial charge is 0.299 e. The van der Waals surface area contributed by atoms with Crippen molar-refractivity contribution in [3.63, 3.8) is 0 Å². The molecule has 0 spiro atoms. The van der Waals surface area contributed by atoms with Crippen molar-refractivity contribution >= 4 is 23.0 Å². The summed E-state index contributed by atoms with van der Waals surface area (Å²) in [5.74, 6) is 0.448. The lowest BCUT2D eigenvalue weighted by Crippen LogP contribution is -2.06. The van der Waals surface area contributed by atoms with Crippen molar-refractivity contribution < 1.29 is 9.18 Å². The molecule has 0 atom stereocenters. The SMILES string of the molecule is O=C(Cc1nc2cccc(-c3ccc(F)c(Cl)c3)n2n1)C1CC1. The molecule has 2 aromatic heterocycles. The lowest BCUT2D eigenvalue weighted by molar-refractivity contribution is -0.119. The third kappa shape index (κ3) is 2.72. The van der Waals surface area contributed by atoms with E-state index in [0.29, 0.717) is 11.5 Å². The summed E-state index contributed by atoms with van der Waals surface area (Å²) in [7, 11) is 0. The average molecular weight is 330 g/mol. The van der Waals surface area contributed by atoms with Gasteiger partial charge in [-0.05, 0) is 43.2 Å². The molecule has 1 aliphatic carbocycles. The van der Waals surface area contributed by atoms with Crippen LogP contribution in [-0.4, -0.2) is 20.4 Å². The summed E-state index contributed by atoms with van der Waals surface area (Å²) in [6.45, 7) is 0. The van der Waals surface area contributed by atoms with Gasteiger partial charge in [0.05, 0.1) is 17.1 Å². The molecule has 116 valence electrons. The van der Waals surface area contributed by atoms with Gasteiger partial charge in [-0.25, -0.2) is 13.9 Å². The van der Waals surface area contributed by atoms with Crippen LogP contribution in [0, 0.1) is 11.7 Å². The molecule has 0 unspecified atom stereocenters. The lowest BCUT2D eigenvalue weighted by Gasteiger charge is -2.05. The number of carbonyl (C=O) groups excluding carboxylic acids is 1. The molecule has 0 N–H and O–H groups in total. The predicted molar refractivity (Wildman–Crippen MR) is 84.8 cm³/mol. The van der Waals surface area contributed by atoms with Gasteiger partial charge in [0.2, 0.25) is 0 Å². The van der Waals surface area contributed by atoms with Crippen LogP contribution in [0.3, 0.4) is 0 Å².